The number of rotatable bonds is 4. The van der Waals surface area contributed by atoms with Crippen LogP contribution >= 0.6 is 11.6 Å². The van der Waals surface area contributed by atoms with Crippen molar-refractivity contribution in [3.05, 3.63) is 46.7 Å². The molecule has 6 nitrogen and oxygen atoms in total. The maximum Gasteiger partial charge on any atom is 0.344 e. The van der Waals surface area contributed by atoms with Crippen molar-refractivity contribution in [3.63, 3.8) is 0 Å². The number of carbonyl (C=O) groups is 2. The third-order valence-corrected chi connectivity index (χ3v) is 4.61. The van der Waals surface area contributed by atoms with Crippen molar-refractivity contribution in [2.75, 3.05) is 13.1 Å². The van der Waals surface area contributed by atoms with Crippen LogP contribution in [0.2, 0.25) is 5.15 Å². The Kier molecular flexibility index (Phi) is 5.08. The van der Waals surface area contributed by atoms with Crippen LogP contribution < -0.4 is 0 Å². The van der Waals surface area contributed by atoms with Crippen molar-refractivity contribution in [1.82, 2.24) is 14.7 Å². The van der Waals surface area contributed by atoms with E-state index >= 15 is 0 Å². The van der Waals surface area contributed by atoms with Gasteiger partial charge in [-0.15, -0.1) is 0 Å². The van der Waals surface area contributed by atoms with Gasteiger partial charge in [-0.25, -0.2) is 9.48 Å². The molecular weight excluding hydrogens is 342 g/mol. The highest BCUT2D eigenvalue weighted by Crippen LogP contribution is 2.25. The second-order valence-electron chi connectivity index (χ2n) is 6.08. The zero-order valence-corrected chi connectivity index (χ0v) is 15.0. The fourth-order valence-corrected chi connectivity index (χ4v) is 3.29. The molecule has 0 radical (unpaired) electrons. The minimum Gasteiger partial charge on any atom is -0.449 e. The lowest BCUT2D eigenvalue weighted by Gasteiger charge is -2.20. The first kappa shape index (κ1) is 17.5. The zero-order valence-electron chi connectivity index (χ0n) is 14.2. The lowest BCUT2D eigenvalue weighted by molar-refractivity contribution is -0.138. The molecule has 1 atom stereocenters. The summed E-state index contributed by atoms with van der Waals surface area (Å²) in [6.07, 6.45) is 1.13. The number of esters is 1. The van der Waals surface area contributed by atoms with Gasteiger partial charge in [0.1, 0.15) is 10.7 Å². The fourth-order valence-electron chi connectivity index (χ4n) is 2.94. The molecule has 2 aromatic rings. The number of benzene rings is 1. The van der Waals surface area contributed by atoms with Gasteiger partial charge < -0.3 is 9.64 Å². The van der Waals surface area contributed by atoms with Gasteiger partial charge in [0.2, 0.25) is 0 Å². The predicted molar refractivity (Wildman–Crippen MR) is 94.0 cm³/mol. The first-order valence-corrected chi connectivity index (χ1v) is 8.67. The van der Waals surface area contributed by atoms with Crippen molar-refractivity contribution in [1.29, 1.82) is 0 Å². The van der Waals surface area contributed by atoms with Gasteiger partial charge in [-0.05, 0) is 38.8 Å². The number of hydrogen-bond acceptors (Lipinski definition) is 4. The van der Waals surface area contributed by atoms with Gasteiger partial charge in [0, 0.05) is 13.1 Å². The first-order valence-electron chi connectivity index (χ1n) is 8.29. The molecular formula is C18H20ClN3O3. The third kappa shape index (κ3) is 3.54. The molecule has 0 saturated carbocycles. The summed E-state index contributed by atoms with van der Waals surface area (Å²) in [5.74, 6) is -0.806. The summed E-state index contributed by atoms with van der Waals surface area (Å²) < 4.78 is 6.84. The molecule has 1 aliphatic heterocycles. The number of likely N-dealkylation sites (tertiary alicyclic amines) is 1. The van der Waals surface area contributed by atoms with E-state index < -0.39 is 12.1 Å². The zero-order chi connectivity index (χ0) is 18.0. The van der Waals surface area contributed by atoms with Crippen LogP contribution in [-0.4, -0.2) is 45.8 Å². The molecule has 1 amide bonds. The molecule has 0 N–H and O–H groups in total. The van der Waals surface area contributed by atoms with Gasteiger partial charge in [0.25, 0.3) is 5.91 Å². The summed E-state index contributed by atoms with van der Waals surface area (Å²) in [6, 6.07) is 9.28. The van der Waals surface area contributed by atoms with Gasteiger partial charge in [-0.1, -0.05) is 29.8 Å². The fraction of sp³-hybridized carbons (Fsp3) is 0.389. The van der Waals surface area contributed by atoms with Gasteiger partial charge in [0.15, 0.2) is 6.10 Å². The second kappa shape index (κ2) is 7.27. The lowest BCUT2D eigenvalue weighted by Crippen LogP contribution is -2.38. The van der Waals surface area contributed by atoms with Crippen LogP contribution in [0.15, 0.2) is 30.3 Å². The number of hydrogen-bond donors (Lipinski definition) is 0. The van der Waals surface area contributed by atoms with Gasteiger partial charge in [0.05, 0.1) is 11.4 Å². The minimum absolute atomic E-state index is 0.171. The highest BCUT2D eigenvalue weighted by atomic mass is 35.5. The number of amides is 1. The third-order valence-electron chi connectivity index (χ3n) is 4.26. The summed E-state index contributed by atoms with van der Waals surface area (Å²) in [5.41, 5.74) is 1.39. The summed E-state index contributed by atoms with van der Waals surface area (Å²) in [5, 5.41) is 4.50. The Hall–Kier alpha value is -2.34. The monoisotopic (exact) mass is 361 g/mol. The van der Waals surface area contributed by atoms with E-state index in [0.29, 0.717) is 18.8 Å². The smallest absolute Gasteiger partial charge is 0.344 e. The van der Waals surface area contributed by atoms with Crippen molar-refractivity contribution >= 4 is 23.5 Å². The van der Waals surface area contributed by atoms with E-state index in [-0.39, 0.29) is 16.6 Å². The number of aromatic nitrogens is 2. The molecule has 1 saturated heterocycles. The van der Waals surface area contributed by atoms with Crippen LogP contribution in [-0.2, 0) is 9.53 Å². The van der Waals surface area contributed by atoms with Crippen LogP contribution in [0.5, 0.6) is 0 Å². The predicted octanol–water partition coefficient (Wildman–Crippen LogP) is 3.00. The number of halogens is 1. The van der Waals surface area contributed by atoms with Crippen LogP contribution in [0, 0.1) is 6.92 Å². The minimum atomic E-state index is -0.846. The first-order chi connectivity index (χ1) is 12.0. The highest BCUT2D eigenvalue weighted by molar-refractivity contribution is 6.33. The van der Waals surface area contributed by atoms with Gasteiger partial charge in [-0.3, -0.25) is 4.79 Å². The molecule has 1 aromatic heterocycles. The summed E-state index contributed by atoms with van der Waals surface area (Å²) in [6.45, 7) is 4.71. The topological polar surface area (TPSA) is 64.4 Å². The molecule has 0 aliphatic carbocycles. The maximum atomic E-state index is 12.5. The molecule has 1 fully saturated rings. The Balaban J connectivity index is 1.78. The van der Waals surface area contributed by atoms with E-state index in [1.165, 1.54) is 4.68 Å². The number of aryl methyl sites for hydroxylation is 1. The number of nitrogens with zero attached hydrogens (tertiary/aromatic N) is 3. The van der Waals surface area contributed by atoms with Crippen molar-refractivity contribution in [3.8, 4) is 5.69 Å². The summed E-state index contributed by atoms with van der Waals surface area (Å²) in [7, 11) is 0. The lowest BCUT2D eigenvalue weighted by atomic mass is 10.2. The molecule has 0 spiro atoms. The normalized spacial score (nSPS) is 15.2. The number of para-hydroxylation sites is 1. The van der Waals surface area contributed by atoms with E-state index in [1.807, 2.05) is 30.3 Å². The SMILES string of the molecule is Cc1nn(-c2ccccc2)c(Cl)c1C(=O)O[C@@H](C)C(=O)N1CCCC1. The highest BCUT2D eigenvalue weighted by Gasteiger charge is 2.29. The van der Waals surface area contributed by atoms with E-state index in [2.05, 4.69) is 5.10 Å². The van der Waals surface area contributed by atoms with E-state index in [9.17, 15) is 9.59 Å². The summed E-state index contributed by atoms with van der Waals surface area (Å²) >= 11 is 6.35. The van der Waals surface area contributed by atoms with Gasteiger partial charge in [-0.2, -0.15) is 5.10 Å². The molecule has 1 aromatic carbocycles. The molecule has 25 heavy (non-hydrogen) atoms. The summed E-state index contributed by atoms with van der Waals surface area (Å²) in [4.78, 5) is 26.6. The van der Waals surface area contributed by atoms with E-state index in [4.69, 9.17) is 16.3 Å². The standard InChI is InChI=1S/C18H20ClN3O3/c1-12-15(16(19)22(20-12)14-8-4-3-5-9-14)18(24)25-13(2)17(23)21-10-6-7-11-21/h3-5,8-9,13H,6-7,10-11H2,1-2H3/t13-/m0/s1. The Morgan fingerprint density at radius 2 is 1.84 bits per heavy atom. The molecule has 7 heteroatoms. The van der Waals surface area contributed by atoms with Crippen LogP contribution in [0.1, 0.15) is 35.8 Å². The van der Waals surface area contributed by atoms with Crippen molar-refractivity contribution < 1.29 is 14.3 Å². The Labute approximate surface area is 151 Å². The maximum absolute atomic E-state index is 12.5. The van der Waals surface area contributed by atoms with Crippen molar-refractivity contribution in [2.24, 2.45) is 0 Å². The van der Waals surface area contributed by atoms with E-state index in [1.54, 1.807) is 18.7 Å². The average Bonchev–Trinajstić information content (AvgIpc) is 3.23. The molecule has 1 aliphatic rings. The molecule has 3 rings (SSSR count). The largest absolute Gasteiger partial charge is 0.449 e. The number of carbonyl (C=O) groups excluding carboxylic acids is 2. The Morgan fingerprint density at radius 3 is 2.48 bits per heavy atom. The van der Waals surface area contributed by atoms with E-state index in [0.717, 1.165) is 18.5 Å². The Bertz CT molecular complexity index is 782. The number of ether oxygens (including phenoxy) is 1. The van der Waals surface area contributed by atoms with Crippen molar-refractivity contribution in [2.45, 2.75) is 32.8 Å². The van der Waals surface area contributed by atoms with Gasteiger partial charge >= 0.3 is 5.97 Å². The second-order valence-corrected chi connectivity index (χ2v) is 6.44. The van der Waals surface area contributed by atoms with Crippen LogP contribution in [0.4, 0.5) is 0 Å². The van der Waals surface area contributed by atoms with Crippen LogP contribution in [0.25, 0.3) is 5.69 Å². The molecule has 0 unspecified atom stereocenters. The molecule has 2 heterocycles. The van der Waals surface area contributed by atoms with Crippen LogP contribution in [0.3, 0.4) is 0 Å². The average molecular weight is 362 g/mol. The molecule has 132 valence electrons. The quantitative estimate of drug-likeness (QED) is 0.785. The molecule has 0 bridgehead atoms. The Morgan fingerprint density at radius 1 is 1.20 bits per heavy atom.